The normalized spacial score (nSPS) is 12.4. The Morgan fingerprint density at radius 1 is 1.32 bits per heavy atom. The minimum Gasteiger partial charge on any atom is -0.469 e. The number of ether oxygens (including phenoxy) is 1. The second-order valence-corrected chi connectivity index (χ2v) is 4.76. The van der Waals surface area contributed by atoms with Crippen molar-refractivity contribution in [2.24, 2.45) is 0 Å². The zero-order valence-corrected chi connectivity index (χ0v) is 11.5. The summed E-state index contributed by atoms with van der Waals surface area (Å²) < 4.78 is 4.76. The maximum atomic E-state index is 11.8. The molecular weight excluding hydrogens is 242 g/mol. The third-order valence-corrected chi connectivity index (χ3v) is 3.60. The summed E-state index contributed by atoms with van der Waals surface area (Å²) in [5.41, 5.74) is 3.42. The van der Waals surface area contributed by atoms with Crippen molar-refractivity contribution in [2.45, 2.75) is 26.7 Å². The molecule has 0 aliphatic rings. The largest absolute Gasteiger partial charge is 0.469 e. The van der Waals surface area contributed by atoms with Gasteiger partial charge in [0.25, 0.3) is 0 Å². The molecule has 0 aliphatic heterocycles. The summed E-state index contributed by atoms with van der Waals surface area (Å²) in [6.07, 6.45) is 0. The van der Waals surface area contributed by atoms with Crippen LogP contribution in [0.5, 0.6) is 0 Å². The number of hydrogen-bond acceptors (Lipinski definition) is 3. The Morgan fingerprint density at radius 3 is 2.63 bits per heavy atom. The van der Waals surface area contributed by atoms with Crippen LogP contribution in [0.3, 0.4) is 0 Å². The second-order valence-electron chi connectivity index (χ2n) is 4.76. The van der Waals surface area contributed by atoms with Crippen molar-refractivity contribution in [1.82, 2.24) is 4.98 Å². The van der Waals surface area contributed by atoms with Gasteiger partial charge in [0.2, 0.25) is 5.56 Å². The quantitative estimate of drug-likeness (QED) is 0.843. The average molecular weight is 259 g/mol. The molecule has 0 fully saturated rings. The summed E-state index contributed by atoms with van der Waals surface area (Å²) in [7, 11) is 1.35. The maximum absolute atomic E-state index is 11.8. The first-order valence-electron chi connectivity index (χ1n) is 6.16. The van der Waals surface area contributed by atoms with E-state index in [0.29, 0.717) is 5.56 Å². The monoisotopic (exact) mass is 259 g/mol. The van der Waals surface area contributed by atoms with Crippen LogP contribution in [0.4, 0.5) is 0 Å². The van der Waals surface area contributed by atoms with Crippen LogP contribution in [-0.4, -0.2) is 18.1 Å². The van der Waals surface area contributed by atoms with Gasteiger partial charge in [-0.1, -0.05) is 12.1 Å². The molecule has 1 unspecified atom stereocenters. The molecule has 4 nitrogen and oxygen atoms in total. The minimum atomic E-state index is -0.461. The molecule has 1 aromatic heterocycles. The third-order valence-electron chi connectivity index (χ3n) is 3.60. The van der Waals surface area contributed by atoms with Crippen LogP contribution in [0.2, 0.25) is 0 Å². The zero-order chi connectivity index (χ0) is 14.2. The van der Waals surface area contributed by atoms with Gasteiger partial charge in [-0.25, -0.2) is 0 Å². The van der Waals surface area contributed by atoms with Gasteiger partial charge in [-0.15, -0.1) is 0 Å². The van der Waals surface area contributed by atoms with E-state index in [1.165, 1.54) is 13.2 Å². The average Bonchev–Trinajstić information content (AvgIpc) is 2.41. The van der Waals surface area contributed by atoms with E-state index in [-0.39, 0.29) is 11.5 Å². The molecule has 1 heterocycles. The highest BCUT2D eigenvalue weighted by molar-refractivity contribution is 5.90. The van der Waals surface area contributed by atoms with Crippen molar-refractivity contribution < 1.29 is 9.53 Å². The summed E-state index contributed by atoms with van der Waals surface area (Å²) >= 11 is 0. The van der Waals surface area contributed by atoms with E-state index < -0.39 is 5.92 Å². The third kappa shape index (κ3) is 2.26. The van der Waals surface area contributed by atoms with Crippen molar-refractivity contribution >= 4 is 16.9 Å². The molecule has 1 aromatic carbocycles. The van der Waals surface area contributed by atoms with E-state index in [0.717, 1.165) is 22.0 Å². The second kappa shape index (κ2) is 4.88. The molecule has 19 heavy (non-hydrogen) atoms. The van der Waals surface area contributed by atoms with Crippen LogP contribution < -0.4 is 5.56 Å². The standard InChI is InChI=1S/C15H17NO3/c1-8-5-6-11-12(10(3)15(18)19-4)7-13(17)16-14(11)9(8)2/h5-7,10H,1-4H3,(H,16,17). The van der Waals surface area contributed by atoms with Crippen molar-refractivity contribution in [3.63, 3.8) is 0 Å². The van der Waals surface area contributed by atoms with Crippen LogP contribution in [-0.2, 0) is 9.53 Å². The fourth-order valence-corrected chi connectivity index (χ4v) is 2.26. The predicted molar refractivity (Wildman–Crippen MR) is 74.5 cm³/mol. The Kier molecular flexibility index (Phi) is 3.42. The van der Waals surface area contributed by atoms with Crippen LogP contribution in [0.15, 0.2) is 23.0 Å². The van der Waals surface area contributed by atoms with Gasteiger partial charge < -0.3 is 9.72 Å². The number of aryl methyl sites for hydroxylation is 2. The van der Waals surface area contributed by atoms with Crippen molar-refractivity contribution in [3.8, 4) is 0 Å². The fourth-order valence-electron chi connectivity index (χ4n) is 2.26. The summed E-state index contributed by atoms with van der Waals surface area (Å²) in [5, 5.41) is 0.889. The lowest BCUT2D eigenvalue weighted by Gasteiger charge is -2.14. The molecule has 0 aliphatic carbocycles. The SMILES string of the molecule is COC(=O)C(C)c1cc(=O)[nH]c2c(C)c(C)ccc12. The Morgan fingerprint density at radius 2 is 2.00 bits per heavy atom. The smallest absolute Gasteiger partial charge is 0.312 e. The molecule has 0 radical (unpaired) electrons. The number of benzene rings is 1. The highest BCUT2D eigenvalue weighted by atomic mass is 16.5. The molecule has 1 N–H and O–H groups in total. The van der Waals surface area contributed by atoms with Gasteiger partial charge in [-0.05, 0) is 37.5 Å². The molecule has 100 valence electrons. The van der Waals surface area contributed by atoms with Crippen LogP contribution >= 0.6 is 0 Å². The molecule has 0 spiro atoms. The van der Waals surface area contributed by atoms with Gasteiger partial charge in [0.15, 0.2) is 0 Å². The first kappa shape index (κ1) is 13.3. The number of nitrogens with one attached hydrogen (secondary N) is 1. The number of methoxy groups -OCH3 is 1. The summed E-state index contributed by atoms with van der Waals surface area (Å²) in [4.78, 5) is 26.3. The molecule has 0 amide bonds. The highest BCUT2D eigenvalue weighted by Crippen LogP contribution is 2.27. The molecule has 0 saturated carbocycles. The minimum absolute atomic E-state index is 0.202. The number of esters is 1. The Labute approximate surface area is 111 Å². The van der Waals surface area contributed by atoms with E-state index in [2.05, 4.69) is 4.98 Å². The van der Waals surface area contributed by atoms with E-state index in [1.54, 1.807) is 6.92 Å². The molecule has 1 atom stereocenters. The Hall–Kier alpha value is -2.10. The lowest BCUT2D eigenvalue weighted by atomic mass is 9.94. The number of aromatic nitrogens is 1. The molecule has 2 rings (SSSR count). The Balaban J connectivity index is 2.78. The van der Waals surface area contributed by atoms with Crippen LogP contribution in [0.25, 0.3) is 10.9 Å². The molecule has 0 saturated heterocycles. The fraction of sp³-hybridized carbons (Fsp3) is 0.333. The lowest BCUT2D eigenvalue weighted by Crippen LogP contribution is -2.15. The molecule has 4 heteroatoms. The van der Waals surface area contributed by atoms with Crippen molar-refractivity contribution in [2.75, 3.05) is 7.11 Å². The highest BCUT2D eigenvalue weighted by Gasteiger charge is 2.19. The topological polar surface area (TPSA) is 59.2 Å². The first-order chi connectivity index (χ1) is 8.95. The van der Waals surface area contributed by atoms with Crippen molar-refractivity contribution in [1.29, 1.82) is 0 Å². The zero-order valence-electron chi connectivity index (χ0n) is 11.5. The first-order valence-corrected chi connectivity index (χ1v) is 6.16. The summed E-state index contributed by atoms with van der Waals surface area (Å²) in [6.45, 7) is 5.69. The number of rotatable bonds is 2. The van der Waals surface area contributed by atoms with Gasteiger partial charge in [-0.3, -0.25) is 9.59 Å². The molecule has 2 aromatic rings. The summed E-state index contributed by atoms with van der Waals surface area (Å²) in [5.74, 6) is -0.804. The number of aromatic amines is 1. The Bertz CT molecular complexity index is 700. The maximum Gasteiger partial charge on any atom is 0.312 e. The van der Waals surface area contributed by atoms with E-state index in [4.69, 9.17) is 4.74 Å². The van der Waals surface area contributed by atoms with Gasteiger partial charge in [0.1, 0.15) is 0 Å². The van der Waals surface area contributed by atoms with Crippen LogP contribution in [0.1, 0.15) is 29.5 Å². The number of carbonyl (C=O) groups excluding carboxylic acids is 1. The van der Waals surface area contributed by atoms with E-state index in [9.17, 15) is 9.59 Å². The number of pyridine rings is 1. The molecule has 0 bridgehead atoms. The number of fused-ring (bicyclic) bond motifs is 1. The van der Waals surface area contributed by atoms with Crippen LogP contribution in [0, 0.1) is 13.8 Å². The van der Waals surface area contributed by atoms with Gasteiger partial charge in [0, 0.05) is 11.5 Å². The number of hydrogen-bond donors (Lipinski definition) is 1. The van der Waals surface area contributed by atoms with Crippen molar-refractivity contribution in [3.05, 3.63) is 45.2 Å². The number of carbonyl (C=O) groups is 1. The van der Waals surface area contributed by atoms with E-state index >= 15 is 0 Å². The van der Waals surface area contributed by atoms with E-state index in [1.807, 2.05) is 26.0 Å². The predicted octanol–water partition coefficient (Wildman–Crippen LogP) is 2.42. The molecular formula is C15H17NO3. The lowest BCUT2D eigenvalue weighted by molar-refractivity contribution is -0.141. The van der Waals surface area contributed by atoms with Gasteiger partial charge in [-0.2, -0.15) is 0 Å². The van der Waals surface area contributed by atoms with Gasteiger partial charge >= 0.3 is 5.97 Å². The van der Waals surface area contributed by atoms with Gasteiger partial charge in [0.05, 0.1) is 18.5 Å². The number of H-pyrrole nitrogens is 1. The summed E-state index contributed by atoms with van der Waals surface area (Å²) in [6, 6.07) is 5.39.